The number of benzene rings is 2. The van der Waals surface area contributed by atoms with Crippen molar-refractivity contribution in [1.29, 1.82) is 0 Å². The Labute approximate surface area is 152 Å². The maximum Gasteiger partial charge on any atom is 0.277 e. The lowest BCUT2D eigenvalue weighted by atomic mass is 9.94. The van der Waals surface area contributed by atoms with Crippen LogP contribution in [0.15, 0.2) is 65.5 Å². The van der Waals surface area contributed by atoms with Crippen LogP contribution in [0.4, 0.5) is 0 Å². The van der Waals surface area contributed by atoms with Gasteiger partial charge in [-0.2, -0.15) is 5.10 Å². The summed E-state index contributed by atoms with van der Waals surface area (Å²) in [7, 11) is 0. The molecular formula is C21H21N3O2. The van der Waals surface area contributed by atoms with Crippen molar-refractivity contribution in [3.63, 3.8) is 0 Å². The zero-order chi connectivity index (χ0) is 18.7. The second-order valence-corrected chi connectivity index (χ2v) is 7.09. The molecular weight excluding hydrogens is 326 g/mol. The molecule has 5 nitrogen and oxygen atoms in total. The van der Waals surface area contributed by atoms with Crippen molar-refractivity contribution < 1.29 is 4.79 Å². The highest BCUT2D eigenvalue weighted by atomic mass is 16.2. The zero-order valence-corrected chi connectivity index (χ0v) is 15.0. The third kappa shape index (κ3) is 3.72. The molecule has 0 spiro atoms. The van der Waals surface area contributed by atoms with Crippen LogP contribution in [-0.4, -0.2) is 21.6 Å². The van der Waals surface area contributed by atoms with Crippen LogP contribution in [0.25, 0.3) is 22.4 Å². The predicted molar refractivity (Wildman–Crippen MR) is 103 cm³/mol. The molecule has 0 atom stereocenters. The van der Waals surface area contributed by atoms with E-state index in [1.54, 1.807) is 0 Å². The van der Waals surface area contributed by atoms with E-state index in [1.807, 2.05) is 81.4 Å². The molecule has 5 heteroatoms. The fourth-order valence-electron chi connectivity index (χ4n) is 2.76. The summed E-state index contributed by atoms with van der Waals surface area (Å²) in [6, 6.07) is 18.9. The number of rotatable bonds is 3. The number of carbonyl (C=O) groups excluding carboxylic acids is 1. The summed E-state index contributed by atoms with van der Waals surface area (Å²) in [6.45, 7) is 5.63. The molecule has 3 rings (SSSR count). The van der Waals surface area contributed by atoms with Crippen molar-refractivity contribution in [3.8, 4) is 22.4 Å². The average Bonchev–Trinajstić information content (AvgIpc) is 2.61. The Kier molecular flexibility index (Phi) is 4.71. The first kappa shape index (κ1) is 17.6. The van der Waals surface area contributed by atoms with Crippen LogP contribution in [0.1, 0.15) is 31.1 Å². The predicted octanol–water partition coefficient (Wildman–Crippen LogP) is 3.63. The topological polar surface area (TPSA) is 74.8 Å². The van der Waals surface area contributed by atoms with Crippen LogP contribution < -0.4 is 10.9 Å². The summed E-state index contributed by atoms with van der Waals surface area (Å²) in [5, 5.41) is 9.60. The van der Waals surface area contributed by atoms with Crippen molar-refractivity contribution in [2.75, 3.05) is 0 Å². The first-order valence-corrected chi connectivity index (χ1v) is 8.43. The maximum absolute atomic E-state index is 12.9. The second-order valence-electron chi connectivity index (χ2n) is 7.09. The quantitative estimate of drug-likeness (QED) is 0.760. The van der Waals surface area contributed by atoms with E-state index in [0.717, 1.165) is 11.1 Å². The number of H-pyrrole nitrogens is 1. The van der Waals surface area contributed by atoms with Crippen molar-refractivity contribution in [2.24, 2.45) is 0 Å². The van der Waals surface area contributed by atoms with E-state index in [-0.39, 0.29) is 5.56 Å². The van der Waals surface area contributed by atoms with Gasteiger partial charge in [0.1, 0.15) is 5.56 Å². The van der Waals surface area contributed by atoms with E-state index < -0.39 is 17.0 Å². The molecule has 0 aliphatic heterocycles. The summed E-state index contributed by atoms with van der Waals surface area (Å²) in [5.74, 6) is -0.419. The van der Waals surface area contributed by atoms with E-state index in [2.05, 4.69) is 15.5 Å². The van der Waals surface area contributed by atoms with E-state index >= 15 is 0 Å². The molecule has 132 valence electrons. The molecule has 3 aromatic rings. The summed E-state index contributed by atoms with van der Waals surface area (Å²) in [6.07, 6.45) is 0. The minimum absolute atomic E-state index is 0.0694. The molecule has 1 heterocycles. The van der Waals surface area contributed by atoms with E-state index in [1.165, 1.54) is 0 Å². The molecule has 0 saturated heterocycles. The first-order chi connectivity index (χ1) is 12.4. The Hall–Kier alpha value is -3.21. The number of nitrogens with one attached hydrogen (secondary N) is 2. The van der Waals surface area contributed by atoms with Gasteiger partial charge in [0.25, 0.3) is 11.5 Å². The van der Waals surface area contributed by atoms with Crippen LogP contribution in [0.5, 0.6) is 0 Å². The first-order valence-electron chi connectivity index (χ1n) is 8.43. The normalized spacial score (nSPS) is 11.2. The highest BCUT2D eigenvalue weighted by molar-refractivity contribution is 6.03. The fraction of sp³-hybridized carbons (Fsp3) is 0.190. The number of carbonyl (C=O) groups is 1. The number of hydrogen-bond donors (Lipinski definition) is 2. The molecule has 2 aromatic carbocycles. The molecule has 0 aliphatic carbocycles. The second kappa shape index (κ2) is 6.96. The van der Waals surface area contributed by atoms with Crippen molar-refractivity contribution in [3.05, 3.63) is 76.6 Å². The molecule has 0 bridgehead atoms. The highest BCUT2D eigenvalue weighted by Gasteiger charge is 2.25. The van der Waals surface area contributed by atoms with Gasteiger partial charge in [0, 0.05) is 16.7 Å². The number of aromatic amines is 1. The van der Waals surface area contributed by atoms with Gasteiger partial charge in [0.15, 0.2) is 0 Å². The van der Waals surface area contributed by atoms with E-state index in [0.29, 0.717) is 11.3 Å². The molecule has 2 N–H and O–H groups in total. The third-order valence-electron chi connectivity index (χ3n) is 3.81. The molecule has 1 aromatic heterocycles. The lowest BCUT2D eigenvalue weighted by Crippen LogP contribution is -2.43. The lowest BCUT2D eigenvalue weighted by molar-refractivity contribution is 0.0918. The van der Waals surface area contributed by atoms with Gasteiger partial charge in [-0.1, -0.05) is 60.7 Å². The average molecular weight is 347 g/mol. The van der Waals surface area contributed by atoms with Crippen molar-refractivity contribution >= 4 is 5.91 Å². The maximum atomic E-state index is 12.9. The van der Waals surface area contributed by atoms with Gasteiger partial charge in [-0.15, -0.1) is 0 Å². The molecule has 1 amide bonds. The lowest BCUT2D eigenvalue weighted by Gasteiger charge is -2.21. The largest absolute Gasteiger partial charge is 0.347 e. The summed E-state index contributed by atoms with van der Waals surface area (Å²) >= 11 is 0. The number of hydrogen-bond acceptors (Lipinski definition) is 3. The van der Waals surface area contributed by atoms with Crippen LogP contribution in [-0.2, 0) is 0 Å². The molecule has 26 heavy (non-hydrogen) atoms. The van der Waals surface area contributed by atoms with Gasteiger partial charge in [-0.25, -0.2) is 5.10 Å². The molecule has 0 saturated carbocycles. The summed E-state index contributed by atoms with van der Waals surface area (Å²) < 4.78 is 0. The van der Waals surface area contributed by atoms with Gasteiger partial charge in [-0.3, -0.25) is 9.59 Å². The Morgan fingerprint density at radius 2 is 1.46 bits per heavy atom. The highest BCUT2D eigenvalue weighted by Crippen LogP contribution is 2.31. The molecule has 0 fully saturated rings. The minimum atomic E-state index is -0.509. The van der Waals surface area contributed by atoms with E-state index in [9.17, 15) is 9.59 Å². The third-order valence-corrected chi connectivity index (χ3v) is 3.81. The minimum Gasteiger partial charge on any atom is -0.347 e. The smallest absolute Gasteiger partial charge is 0.277 e. The van der Waals surface area contributed by atoms with E-state index in [4.69, 9.17) is 0 Å². The molecule has 0 unspecified atom stereocenters. The Bertz CT molecular complexity index is 972. The van der Waals surface area contributed by atoms with Gasteiger partial charge >= 0.3 is 0 Å². The van der Waals surface area contributed by atoms with Crippen molar-refractivity contribution in [2.45, 2.75) is 26.3 Å². The Morgan fingerprint density at radius 1 is 0.923 bits per heavy atom. The van der Waals surface area contributed by atoms with Crippen LogP contribution in [0, 0.1) is 0 Å². The summed E-state index contributed by atoms with van der Waals surface area (Å²) in [5.41, 5.74) is 1.78. The van der Waals surface area contributed by atoms with Gasteiger partial charge < -0.3 is 5.32 Å². The fourth-order valence-corrected chi connectivity index (χ4v) is 2.76. The van der Waals surface area contributed by atoms with Crippen LogP contribution in [0.3, 0.4) is 0 Å². The monoisotopic (exact) mass is 347 g/mol. The van der Waals surface area contributed by atoms with Gasteiger partial charge in [-0.05, 0) is 26.3 Å². The molecule has 0 aliphatic rings. The summed E-state index contributed by atoms with van der Waals surface area (Å²) in [4.78, 5) is 25.4. The van der Waals surface area contributed by atoms with Gasteiger partial charge in [0.05, 0.1) is 5.69 Å². The van der Waals surface area contributed by atoms with Crippen LogP contribution >= 0.6 is 0 Å². The number of aromatic nitrogens is 2. The standard InChI is InChI=1S/C21H21N3O2/c1-21(2,3)22-19(25)17-16(14-10-6-4-7-11-14)18(23-24-20(17)26)15-12-8-5-9-13-15/h4-13H,1-3H3,(H,22,25)(H,24,26). The Balaban J connectivity index is 2.30. The zero-order valence-electron chi connectivity index (χ0n) is 15.0. The van der Waals surface area contributed by atoms with Crippen LogP contribution in [0.2, 0.25) is 0 Å². The SMILES string of the molecule is CC(C)(C)NC(=O)c1c(-c2ccccc2)c(-c2ccccc2)n[nH]c1=O. The number of nitrogens with zero attached hydrogens (tertiary/aromatic N) is 1. The number of amides is 1. The Morgan fingerprint density at radius 3 is 2.00 bits per heavy atom. The van der Waals surface area contributed by atoms with Crippen molar-refractivity contribution in [1.82, 2.24) is 15.5 Å². The van der Waals surface area contributed by atoms with Gasteiger partial charge in [0.2, 0.25) is 0 Å². The molecule has 0 radical (unpaired) electrons.